The highest BCUT2D eigenvalue weighted by molar-refractivity contribution is 7.99. The standard InChI is InChI=1S/C17H19N5OS2/c1-3-22-14(9-13-7-5-4-6-8-13)20-21-17(22)24-11-15(23)19-16-18-10-12(2)25-16/h4-8,10H,3,9,11H2,1-2H3,(H,18,19,23). The fourth-order valence-electron chi connectivity index (χ4n) is 2.35. The van der Waals surface area contributed by atoms with Crippen LogP contribution >= 0.6 is 23.1 Å². The molecule has 0 atom stereocenters. The smallest absolute Gasteiger partial charge is 0.236 e. The van der Waals surface area contributed by atoms with Crippen molar-refractivity contribution in [3.8, 4) is 0 Å². The minimum absolute atomic E-state index is 0.0883. The molecule has 0 saturated heterocycles. The molecule has 0 saturated carbocycles. The van der Waals surface area contributed by atoms with E-state index in [4.69, 9.17) is 0 Å². The molecule has 130 valence electrons. The second-order valence-electron chi connectivity index (χ2n) is 5.42. The highest BCUT2D eigenvalue weighted by Crippen LogP contribution is 2.20. The summed E-state index contributed by atoms with van der Waals surface area (Å²) >= 11 is 2.86. The molecule has 25 heavy (non-hydrogen) atoms. The maximum Gasteiger partial charge on any atom is 0.236 e. The van der Waals surface area contributed by atoms with E-state index in [0.717, 1.165) is 28.8 Å². The summed E-state index contributed by atoms with van der Waals surface area (Å²) < 4.78 is 2.05. The second kappa shape index (κ2) is 8.26. The lowest BCUT2D eigenvalue weighted by atomic mass is 10.1. The maximum atomic E-state index is 12.1. The Bertz CT molecular complexity index is 844. The van der Waals surface area contributed by atoms with Crippen LogP contribution in [0.1, 0.15) is 23.2 Å². The Hall–Kier alpha value is -2.19. The Morgan fingerprint density at radius 2 is 2.08 bits per heavy atom. The number of aryl methyl sites for hydroxylation is 1. The van der Waals surface area contributed by atoms with Crippen molar-refractivity contribution in [1.29, 1.82) is 0 Å². The third kappa shape index (κ3) is 4.67. The minimum atomic E-state index is -0.0883. The van der Waals surface area contributed by atoms with E-state index in [2.05, 4.69) is 44.1 Å². The van der Waals surface area contributed by atoms with E-state index in [-0.39, 0.29) is 11.7 Å². The monoisotopic (exact) mass is 373 g/mol. The van der Waals surface area contributed by atoms with Crippen LogP contribution in [0, 0.1) is 6.92 Å². The average molecular weight is 374 g/mol. The normalized spacial score (nSPS) is 10.8. The third-order valence-corrected chi connectivity index (χ3v) is 5.31. The number of amides is 1. The maximum absolute atomic E-state index is 12.1. The van der Waals surface area contributed by atoms with E-state index in [1.807, 2.05) is 25.1 Å². The molecule has 3 rings (SSSR count). The van der Waals surface area contributed by atoms with Crippen LogP contribution in [0.15, 0.2) is 41.7 Å². The summed E-state index contributed by atoms with van der Waals surface area (Å²) in [7, 11) is 0. The lowest BCUT2D eigenvalue weighted by Gasteiger charge is -2.07. The molecule has 0 spiro atoms. The number of thiazole rings is 1. The first-order valence-electron chi connectivity index (χ1n) is 7.96. The van der Waals surface area contributed by atoms with Crippen molar-refractivity contribution in [2.75, 3.05) is 11.1 Å². The molecular formula is C17H19N5OS2. The molecule has 0 aliphatic carbocycles. The third-order valence-electron chi connectivity index (χ3n) is 3.51. The van der Waals surface area contributed by atoms with Crippen LogP contribution in [0.25, 0.3) is 0 Å². The van der Waals surface area contributed by atoms with Crippen molar-refractivity contribution >= 4 is 34.1 Å². The van der Waals surface area contributed by atoms with Gasteiger partial charge in [0.25, 0.3) is 0 Å². The number of carbonyl (C=O) groups is 1. The van der Waals surface area contributed by atoms with Crippen LogP contribution in [0.4, 0.5) is 5.13 Å². The Morgan fingerprint density at radius 3 is 2.76 bits per heavy atom. The van der Waals surface area contributed by atoms with Gasteiger partial charge in [0.2, 0.25) is 5.91 Å². The number of rotatable bonds is 7. The summed E-state index contributed by atoms with van der Waals surface area (Å²) in [5.41, 5.74) is 1.19. The number of aromatic nitrogens is 4. The molecule has 0 radical (unpaired) electrons. The van der Waals surface area contributed by atoms with Crippen molar-refractivity contribution in [3.63, 3.8) is 0 Å². The zero-order chi connectivity index (χ0) is 17.6. The van der Waals surface area contributed by atoms with Gasteiger partial charge in [-0.2, -0.15) is 0 Å². The lowest BCUT2D eigenvalue weighted by molar-refractivity contribution is -0.113. The average Bonchev–Trinajstić information content (AvgIpc) is 3.19. The molecule has 0 aliphatic heterocycles. The van der Waals surface area contributed by atoms with Crippen molar-refractivity contribution in [3.05, 3.63) is 52.8 Å². The van der Waals surface area contributed by atoms with Crippen LogP contribution in [0.2, 0.25) is 0 Å². The fourth-order valence-corrected chi connectivity index (χ4v) is 3.85. The molecule has 0 fully saturated rings. The van der Waals surface area contributed by atoms with Crippen LogP contribution in [0.5, 0.6) is 0 Å². The molecule has 0 aliphatic rings. The Balaban J connectivity index is 1.61. The first kappa shape index (κ1) is 17.6. The van der Waals surface area contributed by atoms with Crippen LogP contribution in [-0.2, 0) is 17.8 Å². The number of anilines is 1. The summed E-state index contributed by atoms with van der Waals surface area (Å²) in [6, 6.07) is 10.2. The SMILES string of the molecule is CCn1c(Cc2ccccc2)nnc1SCC(=O)Nc1ncc(C)s1. The van der Waals surface area contributed by atoms with Crippen molar-refractivity contribution in [2.24, 2.45) is 0 Å². The first-order chi connectivity index (χ1) is 12.2. The van der Waals surface area contributed by atoms with Crippen molar-refractivity contribution in [1.82, 2.24) is 19.7 Å². The van der Waals surface area contributed by atoms with E-state index in [0.29, 0.717) is 5.13 Å². The van der Waals surface area contributed by atoms with Crippen LogP contribution < -0.4 is 5.32 Å². The van der Waals surface area contributed by atoms with Gasteiger partial charge < -0.3 is 9.88 Å². The molecule has 6 nitrogen and oxygen atoms in total. The summed E-state index contributed by atoms with van der Waals surface area (Å²) in [5, 5.41) is 12.7. The van der Waals surface area contributed by atoms with Crippen LogP contribution in [-0.4, -0.2) is 31.4 Å². The molecule has 0 unspecified atom stereocenters. The van der Waals surface area contributed by atoms with Crippen molar-refractivity contribution in [2.45, 2.75) is 32.0 Å². The van der Waals surface area contributed by atoms with Gasteiger partial charge in [0.05, 0.1) is 5.75 Å². The molecule has 8 heteroatoms. The van der Waals surface area contributed by atoms with Gasteiger partial charge in [-0.3, -0.25) is 4.79 Å². The predicted octanol–water partition coefficient (Wildman–Crippen LogP) is 3.38. The Morgan fingerprint density at radius 1 is 1.28 bits per heavy atom. The number of hydrogen-bond donors (Lipinski definition) is 1. The van der Waals surface area contributed by atoms with Gasteiger partial charge in [-0.15, -0.1) is 21.5 Å². The lowest BCUT2D eigenvalue weighted by Crippen LogP contribution is -2.14. The number of nitrogens with one attached hydrogen (secondary N) is 1. The molecule has 2 heterocycles. The molecule has 0 bridgehead atoms. The molecule has 1 N–H and O–H groups in total. The van der Waals surface area contributed by atoms with E-state index in [9.17, 15) is 4.79 Å². The van der Waals surface area contributed by atoms with Gasteiger partial charge in [0.15, 0.2) is 10.3 Å². The van der Waals surface area contributed by atoms with Gasteiger partial charge in [0.1, 0.15) is 5.82 Å². The van der Waals surface area contributed by atoms with E-state index in [1.165, 1.54) is 28.7 Å². The summed E-state index contributed by atoms with van der Waals surface area (Å²) in [4.78, 5) is 17.3. The van der Waals surface area contributed by atoms with Crippen LogP contribution in [0.3, 0.4) is 0 Å². The Kier molecular flexibility index (Phi) is 5.83. The number of thioether (sulfide) groups is 1. The number of carbonyl (C=O) groups excluding carboxylic acids is 1. The predicted molar refractivity (Wildman–Crippen MR) is 101 cm³/mol. The Labute approximate surface area is 154 Å². The van der Waals surface area contributed by atoms with E-state index < -0.39 is 0 Å². The zero-order valence-corrected chi connectivity index (χ0v) is 15.7. The largest absolute Gasteiger partial charge is 0.306 e. The highest BCUT2D eigenvalue weighted by Gasteiger charge is 2.14. The number of hydrogen-bond acceptors (Lipinski definition) is 6. The molecule has 1 amide bonds. The molecular weight excluding hydrogens is 354 g/mol. The van der Waals surface area contributed by atoms with E-state index in [1.54, 1.807) is 6.20 Å². The van der Waals surface area contributed by atoms with Gasteiger partial charge >= 0.3 is 0 Å². The van der Waals surface area contributed by atoms with Gasteiger partial charge in [-0.05, 0) is 19.4 Å². The van der Waals surface area contributed by atoms with E-state index >= 15 is 0 Å². The molecule has 2 aromatic heterocycles. The summed E-state index contributed by atoms with van der Waals surface area (Å²) in [6.07, 6.45) is 2.48. The fraction of sp³-hybridized carbons (Fsp3) is 0.294. The second-order valence-corrected chi connectivity index (χ2v) is 7.60. The highest BCUT2D eigenvalue weighted by atomic mass is 32.2. The summed E-state index contributed by atoms with van der Waals surface area (Å²) in [6.45, 7) is 4.78. The van der Waals surface area contributed by atoms with Gasteiger partial charge in [0, 0.05) is 24.0 Å². The molecule has 3 aromatic rings. The summed E-state index contributed by atoms with van der Waals surface area (Å²) in [5.74, 6) is 1.10. The molecule has 1 aromatic carbocycles. The first-order valence-corrected chi connectivity index (χ1v) is 9.77. The minimum Gasteiger partial charge on any atom is -0.306 e. The zero-order valence-electron chi connectivity index (χ0n) is 14.1. The number of benzene rings is 1. The quantitative estimate of drug-likeness (QED) is 0.643. The van der Waals surface area contributed by atoms with Crippen molar-refractivity contribution < 1.29 is 4.79 Å². The van der Waals surface area contributed by atoms with Gasteiger partial charge in [-0.1, -0.05) is 42.1 Å². The topological polar surface area (TPSA) is 72.7 Å². The number of nitrogens with zero attached hydrogens (tertiary/aromatic N) is 4. The van der Waals surface area contributed by atoms with Gasteiger partial charge in [-0.25, -0.2) is 4.98 Å².